The van der Waals surface area contributed by atoms with Crippen LogP contribution in [-0.2, 0) is 11.3 Å². The minimum atomic E-state index is -0.460. The molecular weight excluding hydrogens is 318 g/mol. The lowest BCUT2D eigenvalue weighted by molar-refractivity contribution is 0.0287. The molecule has 0 aliphatic carbocycles. The van der Waals surface area contributed by atoms with Gasteiger partial charge in [0, 0.05) is 36.9 Å². The Balaban J connectivity index is 1.60. The zero-order chi connectivity index (χ0) is 18.2. The molecule has 1 amide bonds. The Hall–Kier alpha value is -2.24. The van der Waals surface area contributed by atoms with Crippen LogP contribution in [0.25, 0.3) is 10.9 Å². The zero-order valence-electron chi connectivity index (χ0n) is 15.5. The van der Waals surface area contributed by atoms with Crippen LogP contribution >= 0.6 is 0 Å². The molecule has 0 aromatic carbocycles. The van der Waals surface area contributed by atoms with Crippen molar-refractivity contribution in [3.8, 4) is 0 Å². The van der Waals surface area contributed by atoms with Gasteiger partial charge in [-0.2, -0.15) is 0 Å². The number of nitrogens with one attached hydrogen (secondary N) is 1. The van der Waals surface area contributed by atoms with Gasteiger partial charge in [-0.1, -0.05) is 0 Å². The van der Waals surface area contributed by atoms with Gasteiger partial charge < -0.3 is 19.2 Å². The van der Waals surface area contributed by atoms with Gasteiger partial charge >= 0.3 is 6.09 Å². The van der Waals surface area contributed by atoms with E-state index < -0.39 is 5.60 Å². The number of aryl methyl sites for hydroxylation is 2. The highest BCUT2D eigenvalue weighted by Crippen LogP contribution is 2.23. The molecule has 2 aromatic heterocycles. The van der Waals surface area contributed by atoms with E-state index in [0.29, 0.717) is 5.92 Å². The Bertz CT molecular complexity index is 829. The Kier molecular flexibility index (Phi) is 4.62. The summed E-state index contributed by atoms with van der Waals surface area (Å²) in [5.41, 5.74) is 1.10. The molecule has 1 atom stereocenters. The first-order valence-electron chi connectivity index (χ1n) is 8.89. The van der Waals surface area contributed by atoms with Crippen molar-refractivity contribution >= 4 is 17.0 Å². The Morgan fingerprint density at radius 3 is 2.88 bits per heavy atom. The molecule has 0 radical (unpaired) electrons. The molecule has 2 aromatic rings. The van der Waals surface area contributed by atoms with Crippen molar-refractivity contribution in [2.75, 3.05) is 13.1 Å². The van der Waals surface area contributed by atoms with E-state index in [1.54, 1.807) is 4.90 Å². The van der Waals surface area contributed by atoms with Crippen molar-refractivity contribution in [1.82, 2.24) is 14.5 Å². The summed E-state index contributed by atoms with van der Waals surface area (Å²) in [7, 11) is 0. The average Bonchev–Trinajstić information content (AvgIpc) is 3.09. The predicted octanol–water partition coefficient (Wildman–Crippen LogP) is 3.29. The second kappa shape index (κ2) is 6.58. The summed E-state index contributed by atoms with van der Waals surface area (Å²) in [6.45, 7) is 9.79. The Morgan fingerprint density at radius 1 is 1.40 bits per heavy atom. The summed E-state index contributed by atoms with van der Waals surface area (Å²) in [4.78, 5) is 29.0. The van der Waals surface area contributed by atoms with E-state index in [4.69, 9.17) is 4.74 Å². The standard InChI is InChI=1S/C19H27N3O3/c1-13-11-15-7-10-21(16(15)17(23)20-13)8-5-14-6-9-22(12-14)18(24)25-19(2,3)4/h7,10-11,14H,5-6,8-9,12H2,1-4H3,(H,20,23). The molecule has 6 nitrogen and oxygen atoms in total. The third kappa shape index (κ3) is 4.06. The molecule has 0 spiro atoms. The molecule has 0 saturated carbocycles. The van der Waals surface area contributed by atoms with Crippen LogP contribution in [0.3, 0.4) is 0 Å². The number of pyridine rings is 1. The number of carbonyl (C=O) groups is 1. The smallest absolute Gasteiger partial charge is 0.410 e. The number of H-pyrrole nitrogens is 1. The normalized spacial score (nSPS) is 18.1. The topological polar surface area (TPSA) is 67.3 Å². The second-order valence-electron chi connectivity index (χ2n) is 7.96. The third-order valence-electron chi connectivity index (χ3n) is 4.61. The third-order valence-corrected chi connectivity index (χ3v) is 4.61. The summed E-state index contributed by atoms with van der Waals surface area (Å²) in [6, 6.07) is 3.98. The molecule has 6 heteroatoms. The molecule has 3 heterocycles. The van der Waals surface area contributed by atoms with E-state index in [0.717, 1.165) is 49.1 Å². The van der Waals surface area contributed by atoms with Gasteiger partial charge in [-0.25, -0.2) is 4.79 Å². The van der Waals surface area contributed by atoms with Crippen LogP contribution in [0.15, 0.2) is 23.1 Å². The van der Waals surface area contributed by atoms with Gasteiger partial charge in [0.2, 0.25) is 0 Å². The zero-order valence-corrected chi connectivity index (χ0v) is 15.5. The SMILES string of the molecule is Cc1cc2ccn(CCC3CCN(C(=O)OC(C)(C)C)C3)c2c(=O)[nH]1. The van der Waals surface area contributed by atoms with Crippen molar-refractivity contribution in [3.05, 3.63) is 34.4 Å². The summed E-state index contributed by atoms with van der Waals surface area (Å²) in [6.07, 6.45) is 3.66. The fourth-order valence-corrected chi connectivity index (χ4v) is 3.44. The van der Waals surface area contributed by atoms with Gasteiger partial charge in [0.05, 0.1) is 0 Å². The fourth-order valence-electron chi connectivity index (χ4n) is 3.44. The number of hydrogen-bond donors (Lipinski definition) is 1. The number of aromatic nitrogens is 2. The van der Waals surface area contributed by atoms with Gasteiger partial charge in [0.25, 0.3) is 5.56 Å². The molecule has 3 rings (SSSR count). The lowest BCUT2D eigenvalue weighted by atomic mass is 10.1. The number of fused-ring (bicyclic) bond motifs is 1. The maximum absolute atomic E-state index is 12.2. The van der Waals surface area contributed by atoms with Gasteiger partial charge in [-0.05, 0) is 58.6 Å². The molecule has 1 unspecified atom stereocenters. The lowest BCUT2D eigenvalue weighted by Crippen LogP contribution is -2.35. The largest absolute Gasteiger partial charge is 0.444 e. The van der Waals surface area contributed by atoms with E-state index >= 15 is 0 Å². The molecule has 1 saturated heterocycles. The van der Waals surface area contributed by atoms with Crippen LogP contribution in [-0.4, -0.2) is 39.2 Å². The van der Waals surface area contributed by atoms with Crippen LogP contribution in [0, 0.1) is 12.8 Å². The minimum absolute atomic E-state index is 0.0400. The van der Waals surface area contributed by atoms with Crippen LogP contribution in [0.1, 0.15) is 39.3 Å². The first kappa shape index (κ1) is 17.6. The predicted molar refractivity (Wildman–Crippen MR) is 97.8 cm³/mol. The van der Waals surface area contributed by atoms with E-state index in [1.807, 2.05) is 50.6 Å². The monoisotopic (exact) mass is 345 g/mol. The second-order valence-corrected chi connectivity index (χ2v) is 7.96. The Morgan fingerprint density at radius 2 is 2.16 bits per heavy atom. The summed E-state index contributed by atoms with van der Waals surface area (Å²) in [5.74, 6) is 0.439. The van der Waals surface area contributed by atoms with E-state index in [1.165, 1.54) is 0 Å². The number of nitrogens with zero attached hydrogens (tertiary/aromatic N) is 2. The van der Waals surface area contributed by atoms with Gasteiger partial charge in [0.1, 0.15) is 11.1 Å². The summed E-state index contributed by atoms with van der Waals surface area (Å²) < 4.78 is 7.46. The number of hydrogen-bond acceptors (Lipinski definition) is 3. The number of amides is 1. The van der Waals surface area contributed by atoms with Crippen LogP contribution in [0.4, 0.5) is 4.79 Å². The quantitative estimate of drug-likeness (QED) is 0.928. The highest BCUT2D eigenvalue weighted by Gasteiger charge is 2.29. The van der Waals surface area contributed by atoms with Crippen molar-refractivity contribution in [3.63, 3.8) is 0 Å². The van der Waals surface area contributed by atoms with Crippen LogP contribution < -0.4 is 5.56 Å². The fraction of sp³-hybridized carbons (Fsp3) is 0.579. The Labute approximate surface area is 147 Å². The molecule has 0 bridgehead atoms. The maximum Gasteiger partial charge on any atom is 0.410 e. The van der Waals surface area contributed by atoms with Crippen LogP contribution in [0.2, 0.25) is 0 Å². The molecular formula is C19H27N3O3. The molecule has 1 aliphatic heterocycles. The number of aromatic amines is 1. The van der Waals surface area contributed by atoms with E-state index in [-0.39, 0.29) is 11.7 Å². The van der Waals surface area contributed by atoms with Crippen molar-refractivity contribution in [2.24, 2.45) is 5.92 Å². The number of carbonyl (C=O) groups excluding carboxylic acids is 1. The molecule has 1 aliphatic rings. The minimum Gasteiger partial charge on any atom is -0.444 e. The van der Waals surface area contributed by atoms with Gasteiger partial charge in [-0.3, -0.25) is 4.79 Å². The molecule has 1 N–H and O–H groups in total. The summed E-state index contributed by atoms with van der Waals surface area (Å²) in [5, 5.41) is 0.975. The first-order chi connectivity index (χ1) is 11.7. The highest BCUT2D eigenvalue weighted by molar-refractivity contribution is 5.79. The van der Waals surface area contributed by atoms with Gasteiger partial charge in [0.15, 0.2) is 0 Å². The maximum atomic E-state index is 12.2. The number of ether oxygens (including phenoxy) is 1. The average molecular weight is 345 g/mol. The van der Waals surface area contributed by atoms with E-state index in [9.17, 15) is 9.59 Å². The summed E-state index contributed by atoms with van der Waals surface area (Å²) >= 11 is 0. The van der Waals surface area contributed by atoms with E-state index in [2.05, 4.69) is 4.98 Å². The first-order valence-corrected chi connectivity index (χ1v) is 8.89. The van der Waals surface area contributed by atoms with Crippen LogP contribution in [0.5, 0.6) is 0 Å². The number of likely N-dealkylation sites (tertiary alicyclic amines) is 1. The molecule has 1 fully saturated rings. The van der Waals surface area contributed by atoms with Crippen molar-refractivity contribution < 1.29 is 9.53 Å². The highest BCUT2D eigenvalue weighted by atomic mass is 16.6. The molecule has 136 valence electrons. The lowest BCUT2D eigenvalue weighted by Gasteiger charge is -2.24. The number of rotatable bonds is 3. The van der Waals surface area contributed by atoms with Crippen molar-refractivity contribution in [2.45, 2.75) is 52.7 Å². The molecule has 25 heavy (non-hydrogen) atoms. The van der Waals surface area contributed by atoms with Gasteiger partial charge in [-0.15, -0.1) is 0 Å². The van der Waals surface area contributed by atoms with Crippen molar-refractivity contribution in [1.29, 1.82) is 0 Å².